The van der Waals surface area contributed by atoms with E-state index in [2.05, 4.69) is 10.6 Å². The Kier molecular flexibility index (Phi) is 7.99. The number of nitrogens with one attached hydrogen (secondary N) is 2. The van der Waals surface area contributed by atoms with E-state index in [1.807, 2.05) is 44.2 Å². The summed E-state index contributed by atoms with van der Waals surface area (Å²) in [7, 11) is 0. The van der Waals surface area contributed by atoms with Gasteiger partial charge in [0.1, 0.15) is 35.9 Å². The highest BCUT2D eigenvalue weighted by atomic mass is 19.1. The Labute approximate surface area is 204 Å². The van der Waals surface area contributed by atoms with E-state index in [1.54, 1.807) is 20.8 Å². The van der Waals surface area contributed by atoms with Crippen molar-refractivity contribution in [2.75, 3.05) is 11.5 Å². The van der Waals surface area contributed by atoms with Gasteiger partial charge in [0.2, 0.25) is 5.91 Å². The third-order valence-electron chi connectivity index (χ3n) is 5.25. The van der Waals surface area contributed by atoms with E-state index in [-0.39, 0.29) is 24.8 Å². The van der Waals surface area contributed by atoms with E-state index >= 15 is 0 Å². The van der Waals surface area contributed by atoms with Crippen molar-refractivity contribution >= 4 is 23.6 Å². The second kappa shape index (κ2) is 10.8. The molecule has 0 saturated carbocycles. The first-order valence-corrected chi connectivity index (χ1v) is 11.5. The van der Waals surface area contributed by atoms with Gasteiger partial charge >= 0.3 is 6.09 Å². The van der Waals surface area contributed by atoms with Gasteiger partial charge in [0, 0.05) is 18.5 Å². The van der Waals surface area contributed by atoms with Crippen molar-refractivity contribution in [1.29, 1.82) is 0 Å². The monoisotopic (exact) mass is 485 g/mol. The summed E-state index contributed by atoms with van der Waals surface area (Å²) < 4.78 is 24.8. The first-order valence-electron chi connectivity index (χ1n) is 11.5. The van der Waals surface area contributed by atoms with E-state index in [0.29, 0.717) is 5.69 Å². The van der Waals surface area contributed by atoms with Crippen LogP contribution in [0.25, 0.3) is 0 Å². The van der Waals surface area contributed by atoms with E-state index in [0.717, 1.165) is 5.56 Å². The normalized spacial score (nSPS) is 16.6. The lowest BCUT2D eigenvalue weighted by atomic mass is 10.0. The Bertz CT molecular complexity index is 1070. The predicted molar refractivity (Wildman–Crippen MR) is 130 cm³/mol. The van der Waals surface area contributed by atoms with Gasteiger partial charge in [-0.15, -0.1) is 0 Å². The fourth-order valence-electron chi connectivity index (χ4n) is 3.75. The smallest absolute Gasteiger partial charge is 0.408 e. The first-order chi connectivity index (χ1) is 16.4. The molecule has 1 unspecified atom stereocenters. The van der Waals surface area contributed by atoms with Gasteiger partial charge in [0.25, 0.3) is 5.91 Å². The highest BCUT2D eigenvalue weighted by Crippen LogP contribution is 2.33. The Morgan fingerprint density at radius 3 is 2.49 bits per heavy atom. The number of carbonyl (C=O) groups is 3. The summed E-state index contributed by atoms with van der Waals surface area (Å²) >= 11 is 0. The summed E-state index contributed by atoms with van der Waals surface area (Å²) in [5.74, 6) is -1.24. The molecule has 0 bridgehead atoms. The lowest BCUT2D eigenvalue weighted by molar-refractivity contribution is -0.129. The second-order valence-electron chi connectivity index (χ2n) is 9.67. The first kappa shape index (κ1) is 26.0. The molecule has 3 amide bonds. The third kappa shape index (κ3) is 6.94. The van der Waals surface area contributed by atoms with Crippen molar-refractivity contribution in [1.82, 2.24) is 10.6 Å². The quantitative estimate of drug-likeness (QED) is 0.652. The van der Waals surface area contributed by atoms with Gasteiger partial charge in [0.15, 0.2) is 0 Å². The predicted octanol–water partition coefficient (Wildman–Crippen LogP) is 3.58. The minimum Gasteiger partial charge on any atom is -0.489 e. The number of carbonyl (C=O) groups excluding carboxylic acids is 3. The van der Waals surface area contributed by atoms with Crippen molar-refractivity contribution in [3.8, 4) is 5.75 Å². The van der Waals surface area contributed by atoms with Crippen LogP contribution in [-0.4, -0.2) is 48.2 Å². The third-order valence-corrected chi connectivity index (χ3v) is 5.25. The zero-order valence-corrected chi connectivity index (χ0v) is 20.6. The molecule has 35 heavy (non-hydrogen) atoms. The number of hydrogen-bond acceptors (Lipinski definition) is 5. The molecule has 188 valence electrons. The maximum absolute atomic E-state index is 13.8. The van der Waals surface area contributed by atoms with Crippen LogP contribution in [0.3, 0.4) is 0 Å². The summed E-state index contributed by atoms with van der Waals surface area (Å²) in [6.07, 6.45) is -0.559. The number of alkyl carbamates (subject to hydrolysis) is 1. The van der Waals surface area contributed by atoms with Crippen LogP contribution in [0, 0.1) is 5.82 Å². The number of rotatable bonds is 6. The van der Waals surface area contributed by atoms with Gasteiger partial charge < -0.3 is 25.0 Å². The van der Waals surface area contributed by atoms with E-state index in [9.17, 15) is 18.8 Å². The minimum atomic E-state index is -1.04. The van der Waals surface area contributed by atoms with Crippen molar-refractivity contribution in [2.24, 2.45) is 0 Å². The molecule has 1 aliphatic rings. The molecule has 1 heterocycles. The Morgan fingerprint density at radius 2 is 1.86 bits per heavy atom. The van der Waals surface area contributed by atoms with Crippen LogP contribution < -0.4 is 20.3 Å². The molecule has 0 aliphatic carbocycles. The molecule has 2 N–H and O–H groups in total. The van der Waals surface area contributed by atoms with Crippen LogP contribution in [0.4, 0.5) is 14.9 Å². The number of nitrogens with zero attached hydrogens (tertiary/aromatic N) is 1. The Balaban J connectivity index is 1.82. The van der Waals surface area contributed by atoms with Crippen LogP contribution in [0.2, 0.25) is 0 Å². The number of ether oxygens (including phenoxy) is 2. The molecule has 8 nitrogen and oxygen atoms in total. The molecule has 9 heteroatoms. The molecule has 0 fully saturated rings. The molecule has 2 aromatic rings. The number of fused-ring (bicyclic) bond motifs is 1. The van der Waals surface area contributed by atoms with Crippen LogP contribution in [-0.2, 0) is 20.7 Å². The molecule has 0 aromatic heterocycles. The Morgan fingerprint density at radius 1 is 1.17 bits per heavy atom. The van der Waals surface area contributed by atoms with E-state index in [1.165, 1.54) is 23.1 Å². The van der Waals surface area contributed by atoms with Gasteiger partial charge in [-0.1, -0.05) is 30.3 Å². The van der Waals surface area contributed by atoms with Crippen molar-refractivity contribution in [2.45, 2.75) is 64.8 Å². The molecule has 0 saturated heterocycles. The zero-order chi connectivity index (χ0) is 25.8. The average Bonchev–Trinajstić information content (AvgIpc) is 2.89. The van der Waals surface area contributed by atoms with Crippen molar-refractivity contribution in [3.05, 3.63) is 59.9 Å². The van der Waals surface area contributed by atoms with Crippen molar-refractivity contribution in [3.63, 3.8) is 0 Å². The minimum absolute atomic E-state index is 0.186. The van der Waals surface area contributed by atoms with Gasteiger partial charge in [-0.2, -0.15) is 0 Å². The molecular weight excluding hydrogens is 453 g/mol. The Hall–Kier alpha value is -3.62. The molecule has 1 aliphatic heterocycles. The van der Waals surface area contributed by atoms with Crippen LogP contribution >= 0.6 is 0 Å². The molecule has 3 rings (SSSR count). The number of amides is 3. The van der Waals surface area contributed by atoms with Gasteiger partial charge in [-0.3, -0.25) is 9.59 Å². The van der Waals surface area contributed by atoms with Crippen molar-refractivity contribution < 1.29 is 28.2 Å². The van der Waals surface area contributed by atoms with Gasteiger partial charge in [-0.05, 0) is 52.3 Å². The summed E-state index contributed by atoms with van der Waals surface area (Å²) in [6.45, 7) is 8.62. The topological polar surface area (TPSA) is 97.0 Å². The lowest BCUT2D eigenvalue weighted by Gasteiger charge is -2.29. The standard InChI is InChI=1S/C26H32FN3O5/c1-16(2)30-21-12-11-18(27)14-22(21)34-15-20(24(30)32)28-23(31)19(13-17-9-7-6-8-10-17)29-25(33)35-26(3,4)5/h6-12,14,16,19-20H,13,15H2,1-5H3,(H,28,31)(H,29,33)/t19-,20?/m1/s1. The maximum atomic E-state index is 13.8. The van der Waals surface area contributed by atoms with Gasteiger partial charge in [0.05, 0.1) is 5.69 Å². The highest BCUT2D eigenvalue weighted by Gasteiger charge is 2.36. The fraction of sp³-hybridized carbons (Fsp3) is 0.423. The SMILES string of the molecule is CC(C)N1C(=O)C(NC(=O)[C@@H](Cc2ccccc2)NC(=O)OC(C)(C)C)COc2cc(F)ccc21. The highest BCUT2D eigenvalue weighted by molar-refractivity contribution is 6.02. The fourth-order valence-corrected chi connectivity index (χ4v) is 3.75. The number of halogens is 1. The molecular formula is C26H32FN3O5. The average molecular weight is 486 g/mol. The summed E-state index contributed by atoms with van der Waals surface area (Å²) in [5.41, 5.74) is 0.497. The number of benzene rings is 2. The summed E-state index contributed by atoms with van der Waals surface area (Å²) in [6, 6.07) is 10.8. The van der Waals surface area contributed by atoms with Gasteiger partial charge in [-0.25, -0.2) is 9.18 Å². The molecule has 0 radical (unpaired) electrons. The lowest BCUT2D eigenvalue weighted by Crippen LogP contribution is -2.57. The van der Waals surface area contributed by atoms with Crippen LogP contribution in [0.15, 0.2) is 48.5 Å². The maximum Gasteiger partial charge on any atom is 0.408 e. The molecule has 2 atom stereocenters. The summed E-state index contributed by atoms with van der Waals surface area (Å²) in [5, 5.41) is 5.32. The molecule has 0 spiro atoms. The zero-order valence-electron chi connectivity index (χ0n) is 20.6. The molecule has 2 aromatic carbocycles. The number of anilines is 1. The van der Waals surface area contributed by atoms with Crippen LogP contribution in [0.5, 0.6) is 5.75 Å². The van der Waals surface area contributed by atoms with Crippen LogP contribution in [0.1, 0.15) is 40.2 Å². The second-order valence-corrected chi connectivity index (χ2v) is 9.67. The largest absolute Gasteiger partial charge is 0.489 e. The van der Waals surface area contributed by atoms with E-state index < -0.39 is 41.4 Å². The van der Waals surface area contributed by atoms with E-state index in [4.69, 9.17) is 9.47 Å². The number of hydrogen-bond donors (Lipinski definition) is 2. The summed E-state index contributed by atoms with van der Waals surface area (Å²) in [4.78, 5) is 40.6.